The number of pyridine rings is 1. The molecule has 5 aromatic rings. The van der Waals surface area contributed by atoms with Crippen molar-refractivity contribution in [3.8, 4) is 40.0 Å². The lowest BCUT2D eigenvalue weighted by atomic mass is 9.98. The van der Waals surface area contributed by atoms with E-state index in [1.54, 1.807) is 34.1 Å². The molecule has 0 aliphatic rings. The van der Waals surface area contributed by atoms with Crippen molar-refractivity contribution in [2.75, 3.05) is 31.9 Å². The van der Waals surface area contributed by atoms with Crippen molar-refractivity contribution in [1.82, 2.24) is 4.98 Å². The number of methoxy groups -OCH3 is 2. The molecule has 212 valence electrons. The van der Waals surface area contributed by atoms with Gasteiger partial charge < -0.3 is 25.3 Å². The summed E-state index contributed by atoms with van der Waals surface area (Å²) in [6, 6.07) is 19.2. The van der Waals surface area contributed by atoms with E-state index in [0.29, 0.717) is 33.0 Å². The van der Waals surface area contributed by atoms with Gasteiger partial charge in [-0.3, -0.25) is 4.79 Å². The average molecular weight is 599 g/mol. The number of carbonyl (C=O) groups excluding carboxylic acids is 2. The second-order valence-corrected chi connectivity index (χ2v) is 11.1. The van der Waals surface area contributed by atoms with E-state index in [1.165, 1.54) is 0 Å². The van der Waals surface area contributed by atoms with Crippen LogP contribution in [0.4, 0.5) is 10.7 Å². The zero-order valence-corrected chi connectivity index (χ0v) is 24.9. The van der Waals surface area contributed by atoms with Gasteiger partial charge >= 0.3 is 5.97 Å². The van der Waals surface area contributed by atoms with E-state index in [9.17, 15) is 14.9 Å². The molecule has 0 saturated heterocycles. The van der Waals surface area contributed by atoms with Crippen molar-refractivity contribution in [2.24, 2.45) is 0 Å². The molecule has 0 saturated carbocycles. The van der Waals surface area contributed by atoms with E-state index in [2.05, 4.69) is 11.4 Å². The smallest absolute Gasteiger partial charge is 0.348 e. The average Bonchev–Trinajstić information content (AvgIpc) is 3.52. The second-order valence-electron chi connectivity index (χ2n) is 9.03. The molecule has 3 N–H and O–H groups in total. The predicted octanol–water partition coefficient (Wildman–Crippen LogP) is 6.90. The SMILES string of the molecule is CCOC(=O)c1sc(NC(=O)c2sc3nc(-c4ccccc4)cc(-c4cccc(OC)c4OC)c3c2N)c(C#N)c1C. The minimum absolute atomic E-state index is 0.191. The molecule has 9 nitrogen and oxygen atoms in total. The van der Waals surface area contributed by atoms with Crippen molar-refractivity contribution in [1.29, 1.82) is 5.26 Å². The van der Waals surface area contributed by atoms with E-state index in [-0.39, 0.29) is 32.6 Å². The number of carbonyl (C=O) groups is 2. The second kappa shape index (κ2) is 11.9. The molecular formula is C31H26N4O5S2. The lowest BCUT2D eigenvalue weighted by molar-refractivity contribution is 0.0531. The molecule has 0 atom stereocenters. The summed E-state index contributed by atoms with van der Waals surface area (Å²) in [5.41, 5.74) is 10.6. The normalized spacial score (nSPS) is 10.7. The first-order valence-electron chi connectivity index (χ1n) is 12.8. The lowest BCUT2D eigenvalue weighted by Crippen LogP contribution is -2.11. The van der Waals surface area contributed by atoms with Crippen molar-refractivity contribution in [3.63, 3.8) is 0 Å². The maximum absolute atomic E-state index is 13.6. The number of amides is 1. The Morgan fingerprint density at radius 2 is 1.79 bits per heavy atom. The third kappa shape index (κ3) is 5.02. The molecule has 3 aromatic heterocycles. The molecular weight excluding hydrogens is 572 g/mol. The quantitative estimate of drug-likeness (QED) is 0.184. The summed E-state index contributed by atoms with van der Waals surface area (Å²) in [6.45, 7) is 3.54. The van der Waals surface area contributed by atoms with Crippen LogP contribution in [0.15, 0.2) is 54.6 Å². The van der Waals surface area contributed by atoms with E-state index < -0.39 is 11.9 Å². The first-order chi connectivity index (χ1) is 20.3. The van der Waals surface area contributed by atoms with Crippen molar-refractivity contribution < 1.29 is 23.8 Å². The highest BCUT2D eigenvalue weighted by molar-refractivity contribution is 7.22. The van der Waals surface area contributed by atoms with Crippen LogP contribution in [0.3, 0.4) is 0 Å². The summed E-state index contributed by atoms with van der Waals surface area (Å²) in [6.07, 6.45) is 0. The van der Waals surface area contributed by atoms with Crippen molar-refractivity contribution in [3.05, 3.63) is 75.5 Å². The highest BCUT2D eigenvalue weighted by Crippen LogP contribution is 2.46. The fourth-order valence-corrected chi connectivity index (χ4v) is 6.71. The third-order valence-corrected chi connectivity index (χ3v) is 8.90. The Hall–Kier alpha value is -4.92. The standard InChI is InChI=1S/C31H26N4O5S2/c1-5-40-31(37)26-16(2)20(15-32)29(41-26)35-28(36)27-24(33)23-19(18-12-9-13-22(38-3)25(18)39-4)14-21(34-30(23)42-27)17-10-7-6-8-11-17/h6-14H,5,33H2,1-4H3,(H,35,36). The predicted molar refractivity (Wildman–Crippen MR) is 166 cm³/mol. The van der Waals surface area contributed by atoms with Gasteiger partial charge in [0.1, 0.15) is 25.7 Å². The summed E-state index contributed by atoms with van der Waals surface area (Å²) in [4.78, 5) is 32.0. The van der Waals surface area contributed by atoms with Gasteiger partial charge in [0.15, 0.2) is 11.5 Å². The number of thiophene rings is 2. The number of nitrogens with one attached hydrogen (secondary N) is 1. The van der Waals surface area contributed by atoms with Gasteiger partial charge in [0.25, 0.3) is 5.91 Å². The molecule has 42 heavy (non-hydrogen) atoms. The summed E-state index contributed by atoms with van der Waals surface area (Å²) in [7, 11) is 3.13. The van der Waals surface area contributed by atoms with Gasteiger partial charge in [0.2, 0.25) is 0 Å². The van der Waals surface area contributed by atoms with Crippen LogP contribution in [0.2, 0.25) is 0 Å². The monoisotopic (exact) mass is 598 g/mol. The molecule has 0 radical (unpaired) electrons. The first-order valence-corrected chi connectivity index (χ1v) is 14.5. The van der Waals surface area contributed by atoms with Gasteiger partial charge in [-0.2, -0.15) is 5.26 Å². The fourth-order valence-electron chi connectivity index (χ4n) is 4.65. The summed E-state index contributed by atoms with van der Waals surface area (Å²) < 4.78 is 16.4. The van der Waals surface area contributed by atoms with Crippen LogP contribution in [0.25, 0.3) is 32.6 Å². The molecule has 5 rings (SSSR count). The topological polar surface area (TPSA) is 137 Å². The minimum Gasteiger partial charge on any atom is -0.493 e. The number of para-hydroxylation sites is 1. The zero-order valence-electron chi connectivity index (χ0n) is 23.2. The number of ether oxygens (including phenoxy) is 3. The summed E-state index contributed by atoms with van der Waals surface area (Å²) in [5.74, 6) is -0.00815. The fraction of sp³-hybridized carbons (Fsp3) is 0.161. The number of fused-ring (bicyclic) bond motifs is 1. The largest absolute Gasteiger partial charge is 0.493 e. The molecule has 0 unspecified atom stereocenters. The van der Waals surface area contributed by atoms with E-state index in [1.807, 2.05) is 48.5 Å². The van der Waals surface area contributed by atoms with Crippen molar-refractivity contribution in [2.45, 2.75) is 13.8 Å². The number of aromatic nitrogens is 1. The third-order valence-electron chi connectivity index (χ3n) is 6.61. The number of rotatable bonds is 8. The van der Waals surface area contributed by atoms with Crippen LogP contribution in [0.5, 0.6) is 11.5 Å². The zero-order chi connectivity index (χ0) is 30.0. The molecule has 3 heterocycles. The van der Waals surface area contributed by atoms with Gasteiger partial charge in [-0.15, -0.1) is 22.7 Å². The molecule has 0 aliphatic heterocycles. The Morgan fingerprint density at radius 1 is 1.02 bits per heavy atom. The highest BCUT2D eigenvalue weighted by Gasteiger charge is 2.27. The van der Waals surface area contributed by atoms with E-state index in [0.717, 1.165) is 39.4 Å². The number of hydrogen-bond donors (Lipinski definition) is 2. The highest BCUT2D eigenvalue weighted by atomic mass is 32.1. The summed E-state index contributed by atoms with van der Waals surface area (Å²) >= 11 is 2.13. The van der Waals surface area contributed by atoms with Gasteiger partial charge in [0.05, 0.1) is 37.8 Å². The Labute approximate surface area is 250 Å². The Balaban J connectivity index is 1.67. The van der Waals surface area contributed by atoms with Gasteiger partial charge in [-0.1, -0.05) is 42.5 Å². The maximum Gasteiger partial charge on any atom is 0.348 e. The van der Waals surface area contributed by atoms with Crippen LogP contribution < -0.4 is 20.5 Å². The molecule has 0 aliphatic carbocycles. The molecule has 1 amide bonds. The van der Waals surface area contributed by atoms with Crippen LogP contribution >= 0.6 is 22.7 Å². The lowest BCUT2D eigenvalue weighted by Gasteiger charge is -2.15. The maximum atomic E-state index is 13.6. The molecule has 2 aromatic carbocycles. The Morgan fingerprint density at radius 3 is 2.45 bits per heavy atom. The Bertz CT molecular complexity index is 1870. The molecule has 0 fully saturated rings. The van der Waals surface area contributed by atoms with Gasteiger partial charge in [-0.05, 0) is 31.5 Å². The van der Waals surface area contributed by atoms with Crippen LogP contribution in [0, 0.1) is 18.3 Å². The number of nitrogen functional groups attached to an aromatic ring is 1. The Kier molecular flexibility index (Phi) is 8.10. The summed E-state index contributed by atoms with van der Waals surface area (Å²) in [5, 5.41) is 13.4. The molecule has 11 heteroatoms. The number of hydrogen-bond acceptors (Lipinski definition) is 10. The number of esters is 1. The van der Waals surface area contributed by atoms with Crippen molar-refractivity contribution >= 4 is 55.5 Å². The number of benzene rings is 2. The van der Waals surface area contributed by atoms with Crippen LogP contribution in [-0.4, -0.2) is 37.7 Å². The number of nitriles is 1. The van der Waals surface area contributed by atoms with Gasteiger partial charge in [-0.25, -0.2) is 9.78 Å². The first kappa shape index (κ1) is 28.6. The van der Waals surface area contributed by atoms with Gasteiger partial charge in [0, 0.05) is 22.1 Å². The van der Waals surface area contributed by atoms with Crippen LogP contribution in [0.1, 0.15) is 37.4 Å². The number of nitrogens with two attached hydrogens (primary N) is 1. The van der Waals surface area contributed by atoms with Crippen LogP contribution in [-0.2, 0) is 4.74 Å². The molecule has 0 spiro atoms. The number of nitrogens with zero attached hydrogens (tertiary/aromatic N) is 2. The number of anilines is 2. The van der Waals surface area contributed by atoms with E-state index >= 15 is 0 Å². The van der Waals surface area contributed by atoms with E-state index in [4.69, 9.17) is 24.9 Å². The molecule has 0 bridgehead atoms. The minimum atomic E-state index is -0.548.